The highest BCUT2D eigenvalue weighted by molar-refractivity contribution is 8.33. The molecular weight excluding hydrogens is 455 g/mol. The predicted octanol–water partition coefficient (Wildman–Crippen LogP) is 4.50. The van der Waals surface area contributed by atoms with Crippen LogP contribution in [-0.2, 0) is 18.5 Å². The molecule has 0 spiro atoms. The molecule has 0 aromatic carbocycles. The molecule has 0 aromatic rings. The molecule has 1 aliphatic rings. The second-order valence-corrected chi connectivity index (χ2v) is 11.5. The smallest absolute Gasteiger partial charge is 0.298 e. The summed E-state index contributed by atoms with van der Waals surface area (Å²) in [7, 11) is -10.2. The number of halogens is 9. The first-order valence-electron chi connectivity index (χ1n) is 7.69. The topological polar surface area (TPSA) is 60.4 Å². The summed E-state index contributed by atoms with van der Waals surface area (Å²) in [5, 5.41) is -6.90. The number of Topliss-reactive ketones (excluding diaryl/α,β-unsaturated/α-hetero) is 1. The zero-order chi connectivity index (χ0) is 22.4. The van der Waals surface area contributed by atoms with Crippen LogP contribution in [0.1, 0.15) is 26.7 Å². The predicted molar refractivity (Wildman–Crippen MR) is 82.2 cm³/mol. The molecule has 0 unspecified atom stereocenters. The fourth-order valence-electron chi connectivity index (χ4n) is 2.25. The van der Waals surface area contributed by atoms with E-state index in [2.05, 4.69) is 3.63 Å². The number of rotatable bonds is 8. The van der Waals surface area contributed by atoms with Crippen LogP contribution in [0.5, 0.6) is 0 Å². The molecule has 0 aromatic heterocycles. The van der Waals surface area contributed by atoms with Crippen LogP contribution in [0.2, 0.25) is 0 Å². The van der Waals surface area contributed by atoms with Crippen LogP contribution in [0, 0.1) is 5.92 Å². The third-order valence-electron chi connectivity index (χ3n) is 4.00. The minimum Gasteiger partial charge on any atom is -0.298 e. The molecule has 4 nitrogen and oxygen atoms in total. The lowest BCUT2D eigenvalue weighted by Crippen LogP contribution is -2.63. The lowest BCUT2D eigenvalue weighted by atomic mass is 10.1. The molecule has 168 valence electrons. The van der Waals surface area contributed by atoms with Crippen LogP contribution in [0.3, 0.4) is 0 Å². The van der Waals surface area contributed by atoms with E-state index in [0.29, 0.717) is 0 Å². The average molecular weight is 472 g/mol. The lowest BCUT2D eigenvalue weighted by Gasteiger charge is -2.38. The molecule has 0 saturated carbocycles. The van der Waals surface area contributed by atoms with Crippen molar-refractivity contribution in [3.8, 4) is 0 Å². The van der Waals surface area contributed by atoms with Crippen LogP contribution >= 0.6 is 10.3 Å². The van der Waals surface area contributed by atoms with Gasteiger partial charge in [0.25, 0.3) is 0 Å². The summed E-state index contributed by atoms with van der Waals surface area (Å²) < 4.78 is 144. The summed E-state index contributed by atoms with van der Waals surface area (Å²) in [6, 6.07) is 0. The molecule has 1 heterocycles. The molecule has 0 atom stereocenters. The van der Waals surface area contributed by atoms with Gasteiger partial charge in [0.15, 0.2) is 0 Å². The van der Waals surface area contributed by atoms with Crippen molar-refractivity contribution in [3.63, 3.8) is 0 Å². The van der Waals surface area contributed by atoms with Crippen LogP contribution < -0.4 is 0 Å². The molecule has 1 saturated heterocycles. The van der Waals surface area contributed by atoms with Gasteiger partial charge < -0.3 is 0 Å². The van der Waals surface area contributed by atoms with E-state index in [1.54, 1.807) is 0 Å². The van der Waals surface area contributed by atoms with Crippen LogP contribution in [0.4, 0.5) is 39.5 Å². The van der Waals surface area contributed by atoms with Gasteiger partial charge in [-0.2, -0.15) is 47.9 Å². The Balaban J connectivity index is 3.34. The quantitative estimate of drug-likeness (QED) is 0.489. The fraction of sp³-hybridized carbons (Fsp3) is 0.923. The Morgan fingerprint density at radius 1 is 0.929 bits per heavy atom. The van der Waals surface area contributed by atoms with Gasteiger partial charge in [-0.3, -0.25) is 4.79 Å². The van der Waals surface area contributed by atoms with Gasteiger partial charge in [0.2, 0.25) is 0 Å². The lowest BCUT2D eigenvalue weighted by molar-refractivity contribution is -0.382. The van der Waals surface area contributed by atoms with Crippen molar-refractivity contribution in [1.82, 2.24) is 0 Å². The van der Waals surface area contributed by atoms with E-state index in [1.165, 1.54) is 13.8 Å². The van der Waals surface area contributed by atoms with E-state index in [0.717, 1.165) is 0 Å². The molecule has 1 fully saturated rings. The number of hydrogen-bond donors (Lipinski definition) is 0. The minimum absolute atomic E-state index is 0.177. The molecule has 0 amide bonds. The molecule has 0 bridgehead atoms. The van der Waals surface area contributed by atoms with Gasteiger partial charge in [-0.15, -0.1) is 10.3 Å². The zero-order valence-corrected chi connectivity index (χ0v) is 16.1. The molecule has 15 heteroatoms. The Hall–Kier alpha value is -0.700. The van der Waals surface area contributed by atoms with Gasteiger partial charge in [0, 0.05) is 17.4 Å². The highest BCUT2D eigenvalue weighted by atomic mass is 32.3. The zero-order valence-electron chi connectivity index (χ0n) is 14.5. The Bertz CT molecular complexity index is 695. The van der Waals surface area contributed by atoms with E-state index >= 15 is 0 Å². The number of hydrogen-bond acceptors (Lipinski definition) is 4. The Morgan fingerprint density at radius 3 is 1.71 bits per heavy atom. The van der Waals surface area contributed by atoms with Crippen molar-refractivity contribution in [3.05, 3.63) is 0 Å². The summed E-state index contributed by atoms with van der Waals surface area (Å²) in [4.78, 5) is 11.9. The van der Waals surface area contributed by atoms with Gasteiger partial charge in [0.05, 0.1) is 5.75 Å². The summed E-state index contributed by atoms with van der Waals surface area (Å²) in [6.07, 6.45) is -6.80. The van der Waals surface area contributed by atoms with Crippen molar-refractivity contribution < 1.29 is 56.4 Å². The van der Waals surface area contributed by atoms with Gasteiger partial charge in [-0.25, -0.2) is 3.63 Å². The van der Waals surface area contributed by atoms with Gasteiger partial charge in [0.1, 0.15) is 5.78 Å². The van der Waals surface area contributed by atoms with Crippen molar-refractivity contribution in [1.29, 1.82) is 0 Å². The largest absolute Gasteiger partial charge is 0.460 e. The average Bonchev–Trinajstić information content (AvgIpc) is 2.92. The van der Waals surface area contributed by atoms with Gasteiger partial charge in [-0.1, -0.05) is 13.8 Å². The van der Waals surface area contributed by atoms with Gasteiger partial charge >= 0.3 is 33.4 Å². The second-order valence-electron chi connectivity index (χ2n) is 6.53. The van der Waals surface area contributed by atoms with E-state index in [9.17, 15) is 52.7 Å². The Morgan fingerprint density at radius 2 is 1.36 bits per heavy atom. The number of ketones is 1. The summed E-state index contributed by atoms with van der Waals surface area (Å²) in [5.74, 6) is -17.3. The number of carbonyl (C=O) groups is 1. The molecule has 1 aliphatic heterocycles. The summed E-state index contributed by atoms with van der Waals surface area (Å²) >= 11 is 0. The molecule has 0 aliphatic carbocycles. The summed E-state index contributed by atoms with van der Waals surface area (Å²) in [6.45, 7) is 2.76. The maximum atomic E-state index is 13.8. The molecule has 0 radical (unpaired) electrons. The highest BCUT2D eigenvalue weighted by Crippen LogP contribution is 2.61. The highest BCUT2D eigenvalue weighted by Gasteiger charge is 2.86. The first-order chi connectivity index (χ1) is 12.2. The number of alkyl halides is 9. The van der Waals surface area contributed by atoms with Crippen molar-refractivity contribution in [2.75, 3.05) is 17.3 Å². The molecule has 1 rings (SSSR count). The normalized spacial score (nSPS) is 20.4. The molecule has 28 heavy (non-hydrogen) atoms. The third kappa shape index (κ3) is 4.25. The van der Waals surface area contributed by atoms with Crippen molar-refractivity contribution in [2.45, 2.75) is 50.0 Å². The third-order valence-corrected chi connectivity index (χ3v) is 9.63. The second kappa shape index (κ2) is 7.52. The van der Waals surface area contributed by atoms with E-state index < -0.39 is 61.2 Å². The van der Waals surface area contributed by atoms with E-state index in [-0.39, 0.29) is 24.3 Å². The van der Waals surface area contributed by atoms with Crippen molar-refractivity contribution in [2.24, 2.45) is 5.92 Å². The monoisotopic (exact) mass is 472 g/mol. The molecular formula is C13H17F9O4S2. The van der Waals surface area contributed by atoms with E-state index in [1.807, 2.05) is 0 Å². The SMILES string of the molecule is CC(C)C(=O)CS1(OS(=O)(=O)C(F)(F)C(F)(F)C(F)(F)C(F)(F)F)CCCC1. The fourth-order valence-corrected chi connectivity index (χ4v) is 8.09. The van der Waals surface area contributed by atoms with Crippen LogP contribution in [-0.4, -0.2) is 54.7 Å². The van der Waals surface area contributed by atoms with Crippen molar-refractivity contribution >= 4 is 26.2 Å². The number of carbonyl (C=O) groups excluding carboxylic acids is 1. The van der Waals surface area contributed by atoms with E-state index in [4.69, 9.17) is 0 Å². The maximum absolute atomic E-state index is 13.8. The minimum atomic E-state index is -7.36. The van der Waals surface area contributed by atoms with Crippen LogP contribution in [0.25, 0.3) is 0 Å². The van der Waals surface area contributed by atoms with Gasteiger partial charge in [-0.05, 0) is 12.8 Å². The Labute approximate surface area is 156 Å². The molecule has 0 N–H and O–H groups in total. The van der Waals surface area contributed by atoms with Crippen LogP contribution in [0.15, 0.2) is 0 Å². The summed E-state index contributed by atoms with van der Waals surface area (Å²) in [5.41, 5.74) is 0. The standard InChI is InChI=1S/C13H17F9O4S2/c1-8(2)9(23)7-27(5-3-4-6-27)26-28(24,25)13(21,22)11(16,17)10(14,15)12(18,19)20/h8H,3-7H2,1-2H3. The Kier molecular flexibility index (Phi) is 6.81. The maximum Gasteiger partial charge on any atom is 0.460 e. The first-order valence-corrected chi connectivity index (χ1v) is 11.2. The first kappa shape index (κ1) is 25.3.